The lowest BCUT2D eigenvalue weighted by Gasteiger charge is -2.37. The zero-order valence-electron chi connectivity index (χ0n) is 20.9. The van der Waals surface area contributed by atoms with Crippen molar-refractivity contribution in [3.05, 3.63) is 59.7 Å². The van der Waals surface area contributed by atoms with E-state index >= 15 is 0 Å². The molecule has 38 heavy (non-hydrogen) atoms. The fourth-order valence-corrected chi connectivity index (χ4v) is 4.47. The average Bonchev–Trinajstić information content (AvgIpc) is 3.35. The number of halogens is 3. The number of aromatic nitrogens is 5. The number of nitriles is 1. The minimum atomic E-state index is -4.54. The van der Waals surface area contributed by atoms with Gasteiger partial charge in [-0.25, -0.2) is 19.9 Å². The predicted octanol–water partition coefficient (Wildman–Crippen LogP) is 4.45. The van der Waals surface area contributed by atoms with Crippen molar-refractivity contribution < 1.29 is 13.2 Å². The monoisotopic (exact) mass is 521 g/mol. The van der Waals surface area contributed by atoms with E-state index in [2.05, 4.69) is 53.9 Å². The van der Waals surface area contributed by atoms with Gasteiger partial charge in [-0.15, -0.1) is 0 Å². The number of rotatable bonds is 6. The number of hydrogen-bond acceptors (Lipinski definition) is 8. The van der Waals surface area contributed by atoms with Gasteiger partial charge in [0.05, 0.1) is 23.0 Å². The second kappa shape index (κ2) is 10.3. The molecule has 0 radical (unpaired) electrons. The minimum absolute atomic E-state index is 0.137. The van der Waals surface area contributed by atoms with Crippen molar-refractivity contribution in [1.29, 1.82) is 5.26 Å². The molecule has 2 N–H and O–H groups in total. The number of nitrogens with one attached hydrogen (secondary N) is 2. The number of nitrogens with zero attached hydrogens (tertiary/aromatic N) is 7. The average molecular weight is 522 g/mol. The van der Waals surface area contributed by atoms with Gasteiger partial charge in [0, 0.05) is 68.3 Å². The molecule has 9 nitrogen and oxygen atoms in total. The van der Waals surface area contributed by atoms with Gasteiger partial charge in [-0.3, -0.25) is 4.90 Å². The van der Waals surface area contributed by atoms with E-state index in [4.69, 9.17) is 0 Å². The second-order valence-electron chi connectivity index (χ2n) is 9.38. The van der Waals surface area contributed by atoms with Gasteiger partial charge in [0.15, 0.2) is 0 Å². The zero-order valence-corrected chi connectivity index (χ0v) is 20.9. The highest BCUT2D eigenvalue weighted by atomic mass is 19.4. The summed E-state index contributed by atoms with van der Waals surface area (Å²) in [4.78, 5) is 24.7. The van der Waals surface area contributed by atoms with E-state index in [1.54, 1.807) is 6.20 Å². The third-order valence-electron chi connectivity index (χ3n) is 6.65. The Morgan fingerprint density at radius 2 is 1.87 bits per heavy atom. The van der Waals surface area contributed by atoms with Crippen LogP contribution in [0.25, 0.3) is 22.3 Å². The van der Waals surface area contributed by atoms with Crippen LogP contribution in [0.2, 0.25) is 0 Å². The molecule has 1 fully saturated rings. The van der Waals surface area contributed by atoms with Crippen LogP contribution in [0.3, 0.4) is 0 Å². The Labute approximate surface area is 217 Å². The molecule has 5 heterocycles. The van der Waals surface area contributed by atoms with Crippen LogP contribution in [-0.2, 0) is 12.7 Å². The lowest BCUT2D eigenvalue weighted by Crippen LogP contribution is -2.49. The standard InChI is InChI=1S/C26H26F3N9/c1-16(2)37-5-7-38(8-6-37)22-4-3-17(11-31-22)12-34-25-35-13-18(10-30)23(36-25)21-15-33-24-20(21)9-19(14-32-24)26(27,28)29/h3-4,9,11,13-16H,5-8,12H2,1-2H3,(H,32,33)(H,34,35,36). The summed E-state index contributed by atoms with van der Waals surface area (Å²) < 4.78 is 39.8. The summed E-state index contributed by atoms with van der Waals surface area (Å²) in [6.45, 7) is 8.66. The van der Waals surface area contributed by atoms with Crippen molar-refractivity contribution in [1.82, 2.24) is 29.8 Å². The molecule has 0 bridgehead atoms. The summed E-state index contributed by atoms with van der Waals surface area (Å²) in [6.07, 6.45) is 0.868. The van der Waals surface area contributed by atoms with Crippen molar-refractivity contribution in [2.45, 2.75) is 32.6 Å². The van der Waals surface area contributed by atoms with E-state index in [0.717, 1.165) is 49.8 Å². The first-order valence-corrected chi connectivity index (χ1v) is 12.2. The maximum Gasteiger partial charge on any atom is 0.417 e. The number of pyridine rings is 2. The number of hydrogen-bond donors (Lipinski definition) is 2. The maximum atomic E-state index is 13.3. The van der Waals surface area contributed by atoms with Crippen molar-refractivity contribution in [3.63, 3.8) is 0 Å². The van der Waals surface area contributed by atoms with Crippen molar-refractivity contribution >= 4 is 22.8 Å². The molecular weight excluding hydrogens is 495 g/mol. The van der Waals surface area contributed by atoms with E-state index in [1.807, 2.05) is 18.2 Å². The minimum Gasteiger partial charge on any atom is -0.354 e. The van der Waals surface area contributed by atoms with Gasteiger partial charge in [-0.05, 0) is 31.5 Å². The van der Waals surface area contributed by atoms with E-state index in [0.29, 0.717) is 18.2 Å². The van der Waals surface area contributed by atoms with Crippen molar-refractivity contribution in [3.8, 4) is 17.3 Å². The number of piperazine rings is 1. The van der Waals surface area contributed by atoms with Crippen LogP contribution in [0.1, 0.15) is 30.5 Å². The van der Waals surface area contributed by atoms with Crippen LogP contribution < -0.4 is 10.2 Å². The molecule has 0 atom stereocenters. The summed E-state index contributed by atoms with van der Waals surface area (Å²) in [7, 11) is 0. The summed E-state index contributed by atoms with van der Waals surface area (Å²) in [5.41, 5.74) is 0.986. The maximum absolute atomic E-state index is 13.3. The van der Waals surface area contributed by atoms with Gasteiger partial charge >= 0.3 is 6.18 Å². The number of H-pyrrole nitrogens is 1. The lowest BCUT2D eigenvalue weighted by atomic mass is 10.1. The smallest absolute Gasteiger partial charge is 0.354 e. The number of aromatic amines is 1. The molecule has 1 saturated heterocycles. The van der Waals surface area contributed by atoms with Crippen molar-refractivity contribution in [2.24, 2.45) is 0 Å². The summed E-state index contributed by atoms with van der Waals surface area (Å²) >= 11 is 0. The second-order valence-corrected chi connectivity index (χ2v) is 9.38. The highest BCUT2D eigenvalue weighted by Crippen LogP contribution is 2.34. The lowest BCUT2D eigenvalue weighted by molar-refractivity contribution is -0.137. The van der Waals surface area contributed by atoms with Gasteiger partial charge in [-0.1, -0.05) is 6.07 Å². The normalized spacial score (nSPS) is 14.7. The molecule has 196 valence electrons. The Morgan fingerprint density at radius 3 is 2.53 bits per heavy atom. The molecule has 0 saturated carbocycles. The first-order chi connectivity index (χ1) is 18.2. The summed E-state index contributed by atoms with van der Waals surface area (Å²) in [5.74, 6) is 1.17. The molecule has 1 aliphatic rings. The molecule has 0 unspecified atom stereocenters. The van der Waals surface area contributed by atoms with E-state index in [1.165, 1.54) is 12.4 Å². The molecule has 0 amide bonds. The fraction of sp³-hybridized carbons (Fsp3) is 0.346. The van der Waals surface area contributed by atoms with Crippen LogP contribution in [-0.4, -0.2) is 62.0 Å². The highest BCUT2D eigenvalue weighted by Gasteiger charge is 2.31. The Hall–Kier alpha value is -4.24. The fourth-order valence-electron chi connectivity index (χ4n) is 4.47. The van der Waals surface area contributed by atoms with Crippen LogP contribution >= 0.6 is 0 Å². The quantitative estimate of drug-likeness (QED) is 0.383. The van der Waals surface area contributed by atoms with Gasteiger partial charge in [0.1, 0.15) is 17.5 Å². The van der Waals surface area contributed by atoms with Gasteiger partial charge in [0.2, 0.25) is 5.95 Å². The third-order valence-corrected chi connectivity index (χ3v) is 6.65. The Kier molecular flexibility index (Phi) is 6.86. The number of anilines is 2. The van der Waals surface area contributed by atoms with Gasteiger partial charge < -0.3 is 15.2 Å². The molecule has 5 rings (SSSR count). The van der Waals surface area contributed by atoms with Crippen LogP contribution in [0.5, 0.6) is 0 Å². The molecule has 0 aliphatic carbocycles. The summed E-state index contributed by atoms with van der Waals surface area (Å²) in [6, 6.07) is 7.52. The van der Waals surface area contributed by atoms with Gasteiger partial charge in [-0.2, -0.15) is 18.4 Å². The van der Waals surface area contributed by atoms with Crippen molar-refractivity contribution in [2.75, 3.05) is 36.4 Å². The molecule has 1 aliphatic heterocycles. The molecule has 4 aromatic heterocycles. The van der Waals surface area contributed by atoms with Crippen LogP contribution in [0, 0.1) is 11.3 Å². The Morgan fingerprint density at radius 1 is 1.08 bits per heavy atom. The van der Waals surface area contributed by atoms with E-state index in [-0.39, 0.29) is 28.2 Å². The first-order valence-electron chi connectivity index (χ1n) is 12.2. The molecule has 0 spiro atoms. The number of alkyl halides is 3. The molecule has 0 aromatic carbocycles. The SMILES string of the molecule is CC(C)N1CCN(c2ccc(CNc3ncc(C#N)c(-c4c[nH]c5ncc(C(F)(F)F)cc45)n3)cn2)CC1. The number of fused-ring (bicyclic) bond motifs is 1. The highest BCUT2D eigenvalue weighted by molar-refractivity contribution is 5.94. The topological polar surface area (TPSA) is 110 Å². The summed E-state index contributed by atoms with van der Waals surface area (Å²) in [5, 5.41) is 12.9. The molecule has 4 aromatic rings. The molecular formula is C26H26F3N9. The zero-order chi connectivity index (χ0) is 26.9. The third kappa shape index (κ3) is 5.24. The molecule has 12 heteroatoms. The van der Waals surface area contributed by atoms with Crippen LogP contribution in [0.15, 0.2) is 43.0 Å². The predicted molar refractivity (Wildman–Crippen MR) is 137 cm³/mol. The van der Waals surface area contributed by atoms with Crippen LogP contribution in [0.4, 0.5) is 24.9 Å². The first kappa shape index (κ1) is 25.4. The Balaban J connectivity index is 1.32. The van der Waals surface area contributed by atoms with E-state index < -0.39 is 11.7 Å². The van der Waals surface area contributed by atoms with E-state index in [9.17, 15) is 18.4 Å². The Bertz CT molecular complexity index is 1460. The largest absolute Gasteiger partial charge is 0.417 e. The van der Waals surface area contributed by atoms with Gasteiger partial charge in [0.25, 0.3) is 0 Å².